The second-order valence-corrected chi connectivity index (χ2v) is 4.71. The molecule has 0 heterocycles. The molecule has 0 fully saturated rings. The normalized spacial score (nSPS) is 11.4. The van der Waals surface area contributed by atoms with Gasteiger partial charge in [0, 0.05) is 0 Å². The molecule has 0 aliphatic heterocycles. The Labute approximate surface area is 121 Å². The second kappa shape index (κ2) is 6.08. The molecular formula is C16H16F3NO. The highest BCUT2D eigenvalue weighted by atomic mass is 19.4. The van der Waals surface area contributed by atoms with E-state index < -0.39 is 11.7 Å². The quantitative estimate of drug-likeness (QED) is 0.847. The first-order chi connectivity index (χ1) is 9.90. The maximum atomic E-state index is 12.6. The number of hydrogen-bond donors (Lipinski definition) is 1. The van der Waals surface area contributed by atoms with Crippen LogP contribution in [0.5, 0.6) is 5.75 Å². The number of alkyl halides is 3. The number of halogens is 3. The van der Waals surface area contributed by atoms with E-state index >= 15 is 0 Å². The van der Waals surface area contributed by atoms with Gasteiger partial charge in [-0.05, 0) is 41.8 Å². The number of nitrogen functional groups attached to an aromatic ring is 1. The summed E-state index contributed by atoms with van der Waals surface area (Å²) in [5, 5.41) is 0. The van der Waals surface area contributed by atoms with Gasteiger partial charge in [0.15, 0.2) is 0 Å². The third-order valence-corrected chi connectivity index (χ3v) is 3.13. The molecule has 5 heteroatoms. The zero-order valence-electron chi connectivity index (χ0n) is 11.6. The molecule has 0 amide bonds. The zero-order valence-corrected chi connectivity index (χ0v) is 11.6. The highest BCUT2D eigenvalue weighted by molar-refractivity contribution is 5.54. The lowest BCUT2D eigenvalue weighted by molar-refractivity contribution is -0.137. The predicted molar refractivity (Wildman–Crippen MR) is 76.0 cm³/mol. The minimum atomic E-state index is -4.35. The van der Waals surface area contributed by atoms with Gasteiger partial charge in [0.25, 0.3) is 0 Å². The average Bonchev–Trinajstić information content (AvgIpc) is 2.45. The summed E-state index contributed by atoms with van der Waals surface area (Å²) in [7, 11) is 0. The van der Waals surface area contributed by atoms with Crippen LogP contribution in [0.25, 0.3) is 0 Å². The first-order valence-electron chi connectivity index (χ1n) is 6.57. The van der Waals surface area contributed by atoms with E-state index in [0.717, 1.165) is 24.1 Å². The van der Waals surface area contributed by atoms with E-state index in [9.17, 15) is 13.2 Å². The fraction of sp³-hybridized carbons (Fsp3) is 0.250. The third-order valence-electron chi connectivity index (χ3n) is 3.13. The topological polar surface area (TPSA) is 35.2 Å². The van der Waals surface area contributed by atoms with Crippen LogP contribution < -0.4 is 10.5 Å². The smallest absolute Gasteiger partial charge is 0.416 e. The van der Waals surface area contributed by atoms with Gasteiger partial charge in [0.1, 0.15) is 12.4 Å². The summed E-state index contributed by atoms with van der Waals surface area (Å²) in [5.74, 6) is 0.476. The van der Waals surface area contributed by atoms with Crippen molar-refractivity contribution < 1.29 is 17.9 Å². The Balaban J connectivity index is 2.10. The van der Waals surface area contributed by atoms with E-state index in [1.165, 1.54) is 6.07 Å². The zero-order chi connectivity index (χ0) is 15.5. The summed E-state index contributed by atoms with van der Waals surface area (Å²) < 4.78 is 43.4. The van der Waals surface area contributed by atoms with Crippen LogP contribution >= 0.6 is 0 Å². The van der Waals surface area contributed by atoms with Crippen molar-refractivity contribution in [2.75, 3.05) is 5.73 Å². The molecule has 0 aliphatic carbocycles. The highest BCUT2D eigenvalue weighted by Gasteiger charge is 2.30. The van der Waals surface area contributed by atoms with Crippen LogP contribution in [0, 0.1) is 0 Å². The van der Waals surface area contributed by atoms with Crippen molar-refractivity contribution in [2.45, 2.75) is 26.1 Å². The molecule has 0 aliphatic rings. The van der Waals surface area contributed by atoms with Crippen molar-refractivity contribution >= 4 is 5.69 Å². The summed E-state index contributed by atoms with van der Waals surface area (Å²) in [6.45, 7) is 2.05. The fourth-order valence-corrected chi connectivity index (χ4v) is 1.95. The standard InChI is InChI=1S/C16H16F3NO/c1-2-11-6-7-15(14(20)9-11)21-10-12-4-3-5-13(8-12)16(17,18)19/h3-9H,2,10,20H2,1H3. The van der Waals surface area contributed by atoms with Gasteiger partial charge in [-0.15, -0.1) is 0 Å². The van der Waals surface area contributed by atoms with Crippen LogP contribution in [-0.4, -0.2) is 0 Å². The lowest BCUT2D eigenvalue weighted by atomic mass is 10.1. The second-order valence-electron chi connectivity index (χ2n) is 4.71. The number of anilines is 1. The van der Waals surface area contributed by atoms with Gasteiger partial charge in [-0.2, -0.15) is 13.2 Å². The largest absolute Gasteiger partial charge is 0.487 e. The summed E-state index contributed by atoms with van der Waals surface area (Å²) in [6.07, 6.45) is -3.49. The van der Waals surface area contributed by atoms with Crippen LogP contribution in [0.1, 0.15) is 23.6 Å². The van der Waals surface area contributed by atoms with Gasteiger partial charge >= 0.3 is 6.18 Å². The maximum Gasteiger partial charge on any atom is 0.416 e. The molecule has 112 valence electrons. The Morgan fingerprint density at radius 1 is 1.05 bits per heavy atom. The van der Waals surface area contributed by atoms with Crippen LogP contribution in [0.4, 0.5) is 18.9 Å². The van der Waals surface area contributed by atoms with Crippen LogP contribution in [0.15, 0.2) is 42.5 Å². The van der Waals surface area contributed by atoms with E-state index in [0.29, 0.717) is 17.0 Å². The Hall–Kier alpha value is -2.17. The van der Waals surface area contributed by atoms with Crippen molar-refractivity contribution in [1.29, 1.82) is 0 Å². The molecule has 2 N–H and O–H groups in total. The number of ether oxygens (including phenoxy) is 1. The molecule has 2 aromatic carbocycles. The number of benzene rings is 2. The number of aryl methyl sites for hydroxylation is 1. The Bertz CT molecular complexity index is 623. The molecule has 0 unspecified atom stereocenters. The Kier molecular flexibility index (Phi) is 4.40. The van der Waals surface area contributed by atoms with Gasteiger partial charge in [0.2, 0.25) is 0 Å². The SMILES string of the molecule is CCc1ccc(OCc2cccc(C(F)(F)F)c2)c(N)c1. The molecule has 0 spiro atoms. The molecular weight excluding hydrogens is 279 g/mol. The van der Waals surface area contributed by atoms with E-state index in [1.807, 2.05) is 19.1 Å². The van der Waals surface area contributed by atoms with Crippen LogP contribution in [-0.2, 0) is 19.2 Å². The first kappa shape index (κ1) is 15.2. The summed E-state index contributed by atoms with van der Waals surface area (Å²) >= 11 is 0. The van der Waals surface area contributed by atoms with Crippen molar-refractivity contribution in [2.24, 2.45) is 0 Å². The third kappa shape index (κ3) is 3.90. The predicted octanol–water partition coefficient (Wildman–Crippen LogP) is 4.43. The molecule has 2 aromatic rings. The van der Waals surface area contributed by atoms with E-state index in [1.54, 1.807) is 12.1 Å². The van der Waals surface area contributed by atoms with Gasteiger partial charge in [-0.1, -0.05) is 25.1 Å². The van der Waals surface area contributed by atoms with Gasteiger partial charge in [-0.3, -0.25) is 0 Å². The van der Waals surface area contributed by atoms with Gasteiger partial charge < -0.3 is 10.5 Å². The monoisotopic (exact) mass is 295 g/mol. The van der Waals surface area contributed by atoms with Gasteiger partial charge in [-0.25, -0.2) is 0 Å². The molecule has 0 saturated carbocycles. The van der Waals surface area contributed by atoms with Gasteiger partial charge in [0.05, 0.1) is 11.3 Å². The number of rotatable bonds is 4. The van der Waals surface area contributed by atoms with Crippen molar-refractivity contribution in [3.8, 4) is 5.75 Å². The van der Waals surface area contributed by atoms with Crippen molar-refractivity contribution in [1.82, 2.24) is 0 Å². The highest BCUT2D eigenvalue weighted by Crippen LogP contribution is 2.30. The van der Waals surface area contributed by atoms with E-state index in [4.69, 9.17) is 10.5 Å². The molecule has 0 aromatic heterocycles. The minimum absolute atomic E-state index is 0.0413. The van der Waals surface area contributed by atoms with E-state index in [2.05, 4.69) is 0 Å². The average molecular weight is 295 g/mol. The fourth-order valence-electron chi connectivity index (χ4n) is 1.95. The van der Waals surface area contributed by atoms with Crippen LogP contribution in [0.2, 0.25) is 0 Å². The lowest BCUT2D eigenvalue weighted by Crippen LogP contribution is -2.06. The minimum Gasteiger partial charge on any atom is -0.487 e. The molecule has 21 heavy (non-hydrogen) atoms. The summed E-state index contributed by atoms with van der Waals surface area (Å²) in [6, 6.07) is 10.5. The molecule has 0 atom stereocenters. The maximum absolute atomic E-state index is 12.6. The summed E-state index contributed by atoms with van der Waals surface area (Å²) in [5.41, 5.74) is 7.19. The first-order valence-corrected chi connectivity index (χ1v) is 6.57. The molecule has 0 bridgehead atoms. The number of hydrogen-bond acceptors (Lipinski definition) is 2. The van der Waals surface area contributed by atoms with Crippen molar-refractivity contribution in [3.63, 3.8) is 0 Å². The molecule has 2 nitrogen and oxygen atoms in total. The summed E-state index contributed by atoms with van der Waals surface area (Å²) in [4.78, 5) is 0. The molecule has 2 rings (SSSR count). The lowest BCUT2D eigenvalue weighted by Gasteiger charge is -2.12. The Morgan fingerprint density at radius 2 is 1.81 bits per heavy atom. The number of nitrogens with two attached hydrogens (primary N) is 1. The van der Waals surface area contributed by atoms with E-state index in [-0.39, 0.29) is 6.61 Å². The van der Waals surface area contributed by atoms with Crippen molar-refractivity contribution in [3.05, 3.63) is 59.2 Å². The molecule has 0 radical (unpaired) electrons. The molecule has 0 saturated heterocycles. The van der Waals surface area contributed by atoms with Crippen LogP contribution in [0.3, 0.4) is 0 Å². The Morgan fingerprint density at radius 3 is 2.43 bits per heavy atom.